The first-order valence-corrected chi connectivity index (χ1v) is 12.4. The fraction of sp³-hybridized carbons (Fsp3) is 0.333. The second-order valence-electron chi connectivity index (χ2n) is 9.18. The Balaban J connectivity index is 1.36. The van der Waals surface area contributed by atoms with Crippen LogP contribution in [-0.4, -0.2) is 24.0 Å². The number of carbonyl (C=O) groups excluding carboxylic acids is 1. The van der Waals surface area contributed by atoms with Gasteiger partial charge in [0, 0.05) is 54.6 Å². The number of rotatable bonds is 4. The van der Waals surface area contributed by atoms with Gasteiger partial charge in [-0.3, -0.25) is 9.78 Å². The summed E-state index contributed by atoms with van der Waals surface area (Å²) in [7, 11) is 0. The molecule has 0 saturated carbocycles. The van der Waals surface area contributed by atoms with Crippen LogP contribution in [-0.2, 0) is 16.0 Å². The summed E-state index contributed by atoms with van der Waals surface area (Å²) in [6, 6.07) is 20.5. The SMILES string of the molecule is O=C1C=C(Oc2cccc(-c3ccc(C4CCCCOCC4)nc3)c2)c2ccccc2CCC1. The number of ether oxygens (including phenoxy) is 2. The summed E-state index contributed by atoms with van der Waals surface area (Å²) in [6.45, 7) is 1.70. The largest absolute Gasteiger partial charge is 0.457 e. The Labute approximate surface area is 201 Å². The summed E-state index contributed by atoms with van der Waals surface area (Å²) < 4.78 is 12.0. The molecule has 0 N–H and O–H groups in total. The molecular formula is C30H31NO3. The van der Waals surface area contributed by atoms with Crippen LogP contribution in [0.1, 0.15) is 61.3 Å². The first kappa shape index (κ1) is 22.5. The number of nitrogens with zero attached hydrogens (tertiary/aromatic N) is 1. The van der Waals surface area contributed by atoms with E-state index in [4.69, 9.17) is 14.5 Å². The summed E-state index contributed by atoms with van der Waals surface area (Å²) in [6.07, 6.45) is 10.4. The third kappa shape index (κ3) is 5.45. The fourth-order valence-corrected chi connectivity index (χ4v) is 4.86. The zero-order valence-electron chi connectivity index (χ0n) is 19.5. The Hall–Kier alpha value is -3.24. The van der Waals surface area contributed by atoms with Crippen LogP contribution in [0.3, 0.4) is 0 Å². The monoisotopic (exact) mass is 453 g/mol. The average Bonchev–Trinajstić information content (AvgIpc) is 2.83. The van der Waals surface area contributed by atoms with Crippen LogP contribution in [0.2, 0.25) is 0 Å². The molecule has 0 radical (unpaired) electrons. The summed E-state index contributed by atoms with van der Waals surface area (Å²) in [5, 5.41) is 0. The number of benzene rings is 2. The van der Waals surface area contributed by atoms with Crippen molar-refractivity contribution in [3.05, 3.63) is 89.8 Å². The fourth-order valence-electron chi connectivity index (χ4n) is 4.86. The first-order chi connectivity index (χ1) is 16.8. The van der Waals surface area contributed by atoms with Gasteiger partial charge in [0.25, 0.3) is 0 Å². The van der Waals surface area contributed by atoms with Gasteiger partial charge >= 0.3 is 0 Å². The lowest BCUT2D eigenvalue weighted by molar-refractivity contribution is -0.114. The van der Waals surface area contributed by atoms with Crippen molar-refractivity contribution in [2.24, 2.45) is 0 Å². The van der Waals surface area contributed by atoms with Gasteiger partial charge in [-0.2, -0.15) is 0 Å². The normalized spacial score (nSPS) is 19.1. The van der Waals surface area contributed by atoms with E-state index in [1.807, 2.05) is 42.6 Å². The average molecular weight is 454 g/mol. The van der Waals surface area contributed by atoms with Gasteiger partial charge < -0.3 is 9.47 Å². The van der Waals surface area contributed by atoms with Crippen molar-refractivity contribution >= 4 is 11.5 Å². The van der Waals surface area contributed by atoms with Gasteiger partial charge in [-0.15, -0.1) is 0 Å². The van der Waals surface area contributed by atoms with E-state index in [0.717, 1.165) is 61.3 Å². The lowest BCUT2D eigenvalue weighted by atomic mass is 9.93. The molecule has 4 heteroatoms. The molecule has 1 aliphatic heterocycles. The van der Waals surface area contributed by atoms with Crippen LogP contribution >= 0.6 is 0 Å². The minimum Gasteiger partial charge on any atom is -0.457 e. The molecule has 0 bridgehead atoms. The summed E-state index contributed by atoms with van der Waals surface area (Å²) >= 11 is 0. The molecule has 1 unspecified atom stereocenters. The topological polar surface area (TPSA) is 48.4 Å². The Bertz CT molecular complexity index is 1160. The number of pyridine rings is 1. The number of ketones is 1. The molecule has 174 valence electrons. The second-order valence-corrected chi connectivity index (χ2v) is 9.18. The zero-order valence-corrected chi connectivity index (χ0v) is 19.5. The van der Waals surface area contributed by atoms with Gasteiger partial charge in [-0.05, 0) is 61.4 Å². The number of aryl methyl sites for hydroxylation is 1. The van der Waals surface area contributed by atoms with Crippen LogP contribution in [0.5, 0.6) is 5.75 Å². The van der Waals surface area contributed by atoms with Crippen LogP contribution < -0.4 is 4.74 Å². The van der Waals surface area contributed by atoms with E-state index in [9.17, 15) is 4.79 Å². The van der Waals surface area contributed by atoms with E-state index in [1.54, 1.807) is 6.08 Å². The highest BCUT2D eigenvalue weighted by Crippen LogP contribution is 2.31. The molecule has 2 aromatic carbocycles. The Morgan fingerprint density at radius 1 is 0.853 bits per heavy atom. The van der Waals surface area contributed by atoms with E-state index < -0.39 is 0 Å². The van der Waals surface area contributed by atoms with E-state index in [0.29, 0.717) is 23.8 Å². The highest BCUT2D eigenvalue weighted by atomic mass is 16.5. The maximum absolute atomic E-state index is 12.4. The Morgan fingerprint density at radius 3 is 2.71 bits per heavy atom. The van der Waals surface area contributed by atoms with E-state index in [2.05, 4.69) is 24.3 Å². The number of fused-ring (bicyclic) bond motifs is 1. The summed E-state index contributed by atoms with van der Waals surface area (Å²) in [4.78, 5) is 17.2. The molecule has 0 spiro atoms. The molecule has 1 aliphatic carbocycles. The van der Waals surface area contributed by atoms with Gasteiger partial charge in [0.1, 0.15) is 11.5 Å². The standard InChI is InChI=1S/C30H31NO3/c32-26-11-5-9-22-7-1-2-13-28(22)30(20-26)34-27-12-6-10-24(19-27)25-14-15-29(31-21-25)23-8-3-4-17-33-18-16-23/h1-2,6-7,10,12-15,19-21,23H,3-5,8-9,11,16-18H2. The van der Waals surface area contributed by atoms with Crippen molar-refractivity contribution in [1.82, 2.24) is 4.98 Å². The van der Waals surface area contributed by atoms with Crippen molar-refractivity contribution in [2.45, 2.75) is 50.9 Å². The number of hydrogen-bond acceptors (Lipinski definition) is 4. The summed E-state index contributed by atoms with van der Waals surface area (Å²) in [5.74, 6) is 1.92. The molecule has 5 rings (SSSR count). The highest BCUT2D eigenvalue weighted by molar-refractivity contribution is 5.96. The van der Waals surface area contributed by atoms with Crippen LogP contribution in [0.25, 0.3) is 16.9 Å². The predicted octanol–water partition coefficient (Wildman–Crippen LogP) is 6.75. The molecule has 2 heterocycles. The summed E-state index contributed by atoms with van der Waals surface area (Å²) in [5.41, 5.74) is 5.46. The van der Waals surface area contributed by atoms with Crippen LogP contribution in [0.15, 0.2) is 72.9 Å². The maximum Gasteiger partial charge on any atom is 0.159 e. The van der Waals surface area contributed by atoms with Crippen molar-refractivity contribution in [2.75, 3.05) is 13.2 Å². The van der Waals surface area contributed by atoms with Crippen LogP contribution in [0, 0.1) is 0 Å². The quantitative estimate of drug-likeness (QED) is 0.438. The number of carbonyl (C=O) groups is 1. The molecule has 2 aliphatic rings. The smallest absolute Gasteiger partial charge is 0.159 e. The van der Waals surface area contributed by atoms with Gasteiger partial charge in [0.05, 0.1) is 0 Å². The second kappa shape index (κ2) is 10.8. The molecule has 4 nitrogen and oxygen atoms in total. The maximum atomic E-state index is 12.4. The molecule has 0 amide bonds. The molecule has 3 aromatic rings. The molecule has 1 fully saturated rings. The van der Waals surface area contributed by atoms with Crippen molar-refractivity contribution in [3.63, 3.8) is 0 Å². The van der Waals surface area contributed by atoms with E-state index in [-0.39, 0.29) is 5.78 Å². The van der Waals surface area contributed by atoms with Gasteiger partial charge in [0.2, 0.25) is 0 Å². The van der Waals surface area contributed by atoms with Crippen molar-refractivity contribution < 1.29 is 14.3 Å². The Kier molecular flexibility index (Phi) is 7.16. The minimum atomic E-state index is 0.111. The number of allylic oxidation sites excluding steroid dienone is 1. The van der Waals surface area contributed by atoms with Crippen molar-refractivity contribution in [1.29, 1.82) is 0 Å². The molecule has 1 saturated heterocycles. The lowest BCUT2D eigenvalue weighted by Crippen LogP contribution is -2.10. The van der Waals surface area contributed by atoms with E-state index >= 15 is 0 Å². The molecule has 1 aromatic heterocycles. The lowest BCUT2D eigenvalue weighted by Gasteiger charge is -2.19. The third-order valence-electron chi connectivity index (χ3n) is 6.75. The van der Waals surface area contributed by atoms with Gasteiger partial charge in [-0.1, -0.05) is 48.9 Å². The predicted molar refractivity (Wildman–Crippen MR) is 135 cm³/mol. The van der Waals surface area contributed by atoms with Crippen LogP contribution in [0.4, 0.5) is 0 Å². The number of hydrogen-bond donors (Lipinski definition) is 0. The first-order valence-electron chi connectivity index (χ1n) is 12.4. The minimum absolute atomic E-state index is 0.111. The van der Waals surface area contributed by atoms with Crippen molar-refractivity contribution in [3.8, 4) is 16.9 Å². The highest BCUT2D eigenvalue weighted by Gasteiger charge is 2.17. The molecule has 1 atom stereocenters. The van der Waals surface area contributed by atoms with Gasteiger partial charge in [-0.25, -0.2) is 0 Å². The number of aromatic nitrogens is 1. The third-order valence-corrected chi connectivity index (χ3v) is 6.75. The Morgan fingerprint density at radius 2 is 1.79 bits per heavy atom. The van der Waals surface area contributed by atoms with E-state index in [1.165, 1.54) is 18.4 Å². The van der Waals surface area contributed by atoms with Gasteiger partial charge in [0.15, 0.2) is 5.78 Å². The molecular weight excluding hydrogens is 422 g/mol. The molecule has 34 heavy (non-hydrogen) atoms. The zero-order chi connectivity index (χ0) is 23.2.